The third kappa shape index (κ3) is 8.00. The van der Waals surface area contributed by atoms with E-state index in [-0.39, 0.29) is 12.5 Å². The fraction of sp³-hybridized carbons (Fsp3) is 0.259. The van der Waals surface area contributed by atoms with E-state index in [1.54, 1.807) is 13.3 Å². The zero-order valence-electron chi connectivity index (χ0n) is 19.1. The second-order valence-corrected chi connectivity index (χ2v) is 7.51. The highest BCUT2D eigenvalue weighted by molar-refractivity contribution is 5.85. The molecule has 0 saturated heterocycles. The molecule has 0 atom stereocenters. The quantitative estimate of drug-likeness (QED) is 0.309. The monoisotopic (exact) mass is 446 g/mol. The Bertz CT molecular complexity index is 1050. The number of hydrogen-bond donors (Lipinski definition) is 1. The van der Waals surface area contributed by atoms with Gasteiger partial charge in [0.2, 0.25) is 0 Å². The molecule has 0 heterocycles. The normalized spacial score (nSPS) is 10.7. The molecule has 1 amide bonds. The number of hydrazone groups is 1. The van der Waals surface area contributed by atoms with Crippen LogP contribution in [-0.2, 0) is 17.8 Å². The van der Waals surface area contributed by atoms with Crippen LogP contribution in [0.4, 0.5) is 0 Å². The third-order valence-corrected chi connectivity index (χ3v) is 4.95. The summed E-state index contributed by atoms with van der Waals surface area (Å²) in [5, 5.41) is 4.04. The van der Waals surface area contributed by atoms with Crippen LogP contribution in [0.5, 0.6) is 17.2 Å². The summed E-state index contributed by atoms with van der Waals surface area (Å²) in [5.41, 5.74) is 5.50. The number of ether oxygens (including phenoxy) is 3. The standard InChI is InChI=1S/C27H30N2O4/c1-3-4-8-21-13-15-24(16-14-21)32-20-27(30)29-28-18-23-10-5-6-12-26(23)33-19-22-9-7-11-25(17-22)31-2/h5-7,9-18H,3-4,8,19-20H2,1-2H3,(H,29,30). The molecule has 3 rings (SSSR count). The van der Waals surface area contributed by atoms with Gasteiger partial charge in [-0.2, -0.15) is 5.10 Å². The fourth-order valence-electron chi connectivity index (χ4n) is 3.13. The Morgan fingerprint density at radius 1 is 0.939 bits per heavy atom. The van der Waals surface area contributed by atoms with Gasteiger partial charge >= 0.3 is 0 Å². The smallest absolute Gasteiger partial charge is 0.277 e. The summed E-state index contributed by atoms with van der Waals surface area (Å²) in [6, 6.07) is 23.0. The molecule has 33 heavy (non-hydrogen) atoms. The third-order valence-electron chi connectivity index (χ3n) is 4.95. The lowest BCUT2D eigenvalue weighted by atomic mass is 10.1. The molecular formula is C27H30N2O4. The van der Waals surface area contributed by atoms with Crippen molar-refractivity contribution in [2.75, 3.05) is 13.7 Å². The lowest BCUT2D eigenvalue weighted by Gasteiger charge is -2.10. The van der Waals surface area contributed by atoms with Crippen LogP contribution in [0, 0.1) is 0 Å². The summed E-state index contributed by atoms with van der Waals surface area (Å²) in [4.78, 5) is 12.1. The molecule has 0 aliphatic carbocycles. The highest BCUT2D eigenvalue weighted by Crippen LogP contribution is 2.19. The molecule has 0 spiro atoms. The van der Waals surface area contributed by atoms with Crippen LogP contribution in [0.25, 0.3) is 0 Å². The van der Waals surface area contributed by atoms with Crippen LogP contribution in [-0.4, -0.2) is 25.8 Å². The van der Waals surface area contributed by atoms with E-state index in [0.29, 0.717) is 18.1 Å². The van der Waals surface area contributed by atoms with Crippen LogP contribution >= 0.6 is 0 Å². The first-order valence-electron chi connectivity index (χ1n) is 11.1. The molecule has 6 nitrogen and oxygen atoms in total. The summed E-state index contributed by atoms with van der Waals surface area (Å²) < 4.78 is 16.7. The van der Waals surface area contributed by atoms with Crippen LogP contribution < -0.4 is 19.6 Å². The van der Waals surface area contributed by atoms with E-state index in [0.717, 1.165) is 36.1 Å². The Labute approximate surface area is 195 Å². The molecule has 0 aliphatic rings. The van der Waals surface area contributed by atoms with Gasteiger partial charge in [-0.25, -0.2) is 5.43 Å². The average Bonchev–Trinajstić information content (AvgIpc) is 2.86. The van der Waals surface area contributed by atoms with Gasteiger partial charge in [0, 0.05) is 5.56 Å². The number of amides is 1. The Morgan fingerprint density at radius 3 is 2.55 bits per heavy atom. The number of para-hydroxylation sites is 1. The lowest BCUT2D eigenvalue weighted by Crippen LogP contribution is -2.24. The van der Waals surface area contributed by atoms with Gasteiger partial charge in [0.05, 0.1) is 13.3 Å². The molecule has 0 bridgehead atoms. The molecule has 0 saturated carbocycles. The van der Waals surface area contributed by atoms with E-state index in [1.165, 1.54) is 5.56 Å². The number of rotatable bonds is 12. The minimum absolute atomic E-state index is 0.111. The minimum atomic E-state index is -0.337. The first kappa shape index (κ1) is 23.9. The minimum Gasteiger partial charge on any atom is -0.497 e. The second kappa shape index (κ2) is 12.9. The van der Waals surface area contributed by atoms with Gasteiger partial charge in [0.25, 0.3) is 5.91 Å². The average molecular weight is 447 g/mol. The van der Waals surface area contributed by atoms with Crippen molar-refractivity contribution >= 4 is 12.1 Å². The van der Waals surface area contributed by atoms with Crippen molar-refractivity contribution in [2.45, 2.75) is 32.8 Å². The number of carbonyl (C=O) groups is 1. The first-order chi connectivity index (χ1) is 16.2. The van der Waals surface area contributed by atoms with Gasteiger partial charge in [-0.3, -0.25) is 4.79 Å². The largest absolute Gasteiger partial charge is 0.497 e. The summed E-state index contributed by atoms with van der Waals surface area (Å²) in [5.74, 6) is 1.77. The zero-order valence-corrected chi connectivity index (χ0v) is 19.1. The van der Waals surface area contributed by atoms with Crippen molar-refractivity contribution in [1.29, 1.82) is 0 Å². The van der Waals surface area contributed by atoms with Crippen LogP contribution in [0.3, 0.4) is 0 Å². The van der Waals surface area contributed by atoms with Crippen LogP contribution in [0.15, 0.2) is 77.9 Å². The molecule has 172 valence electrons. The van der Waals surface area contributed by atoms with Crippen molar-refractivity contribution in [3.63, 3.8) is 0 Å². The lowest BCUT2D eigenvalue weighted by molar-refractivity contribution is -0.123. The fourth-order valence-corrected chi connectivity index (χ4v) is 3.13. The molecule has 0 unspecified atom stereocenters. The molecular weight excluding hydrogens is 416 g/mol. The van der Waals surface area contributed by atoms with Crippen molar-refractivity contribution in [3.05, 3.63) is 89.5 Å². The maximum atomic E-state index is 12.1. The van der Waals surface area contributed by atoms with Crippen molar-refractivity contribution < 1.29 is 19.0 Å². The van der Waals surface area contributed by atoms with Gasteiger partial charge in [-0.1, -0.05) is 49.7 Å². The van der Waals surface area contributed by atoms with E-state index in [2.05, 4.69) is 17.5 Å². The number of benzene rings is 3. The van der Waals surface area contributed by atoms with E-state index < -0.39 is 0 Å². The Balaban J connectivity index is 1.48. The van der Waals surface area contributed by atoms with Crippen molar-refractivity contribution in [2.24, 2.45) is 5.10 Å². The number of carbonyl (C=O) groups excluding carboxylic acids is 1. The van der Waals surface area contributed by atoms with Gasteiger partial charge in [-0.05, 0) is 60.4 Å². The van der Waals surface area contributed by atoms with Gasteiger partial charge in [-0.15, -0.1) is 0 Å². The van der Waals surface area contributed by atoms with Gasteiger partial charge in [0.15, 0.2) is 6.61 Å². The topological polar surface area (TPSA) is 69.2 Å². The van der Waals surface area contributed by atoms with Crippen LogP contribution in [0.2, 0.25) is 0 Å². The maximum absolute atomic E-state index is 12.1. The van der Waals surface area contributed by atoms with E-state index >= 15 is 0 Å². The highest BCUT2D eigenvalue weighted by atomic mass is 16.5. The second-order valence-electron chi connectivity index (χ2n) is 7.51. The van der Waals surface area contributed by atoms with Gasteiger partial charge < -0.3 is 14.2 Å². The van der Waals surface area contributed by atoms with E-state index in [4.69, 9.17) is 14.2 Å². The van der Waals surface area contributed by atoms with E-state index in [9.17, 15) is 4.79 Å². The summed E-state index contributed by atoms with van der Waals surface area (Å²) in [6.07, 6.45) is 4.94. The Morgan fingerprint density at radius 2 is 1.76 bits per heavy atom. The Kier molecular flexibility index (Phi) is 9.33. The SMILES string of the molecule is CCCCc1ccc(OCC(=O)NN=Cc2ccccc2OCc2cccc(OC)c2)cc1. The predicted molar refractivity (Wildman–Crippen MR) is 130 cm³/mol. The molecule has 0 radical (unpaired) electrons. The number of methoxy groups -OCH3 is 1. The first-order valence-corrected chi connectivity index (χ1v) is 11.1. The molecule has 0 aromatic heterocycles. The van der Waals surface area contributed by atoms with Gasteiger partial charge in [0.1, 0.15) is 23.9 Å². The van der Waals surface area contributed by atoms with Crippen LogP contribution in [0.1, 0.15) is 36.5 Å². The molecule has 0 fully saturated rings. The molecule has 3 aromatic rings. The number of nitrogens with zero attached hydrogens (tertiary/aromatic N) is 1. The molecule has 1 N–H and O–H groups in total. The molecule has 0 aliphatic heterocycles. The summed E-state index contributed by atoms with van der Waals surface area (Å²) in [7, 11) is 1.63. The summed E-state index contributed by atoms with van der Waals surface area (Å²) >= 11 is 0. The van der Waals surface area contributed by atoms with Crippen molar-refractivity contribution in [3.8, 4) is 17.2 Å². The van der Waals surface area contributed by atoms with E-state index in [1.807, 2.05) is 72.8 Å². The molecule has 6 heteroatoms. The maximum Gasteiger partial charge on any atom is 0.277 e. The Hall–Kier alpha value is -3.80. The highest BCUT2D eigenvalue weighted by Gasteiger charge is 2.04. The number of unbranched alkanes of at least 4 members (excludes halogenated alkanes) is 1. The summed E-state index contributed by atoms with van der Waals surface area (Å²) in [6.45, 7) is 2.45. The number of hydrogen-bond acceptors (Lipinski definition) is 5. The number of nitrogens with one attached hydrogen (secondary N) is 1. The zero-order chi connectivity index (χ0) is 23.3. The molecule has 3 aromatic carbocycles. The predicted octanol–water partition coefficient (Wildman–Crippen LogP) is 5.15. The van der Waals surface area contributed by atoms with Crippen molar-refractivity contribution in [1.82, 2.24) is 5.43 Å². The number of aryl methyl sites for hydroxylation is 1.